The van der Waals surface area contributed by atoms with Crippen molar-refractivity contribution in [3.63, 3.8) is 0 Å². The van der Waals surface area contributed by atoms with Gasteiger partial charge in [-0.3, -0.25) is 4.79 Å². The molecular weight excluding hydrogens is 411 g/mol. The molecule has 0 spiro atoms. The number of carbonyl (C=O) groups is 1. The van der Waals surface area contributed by atoms with Crippen LogP contribution in [0.3, 0.4) is 0 Å². The van der Waals surface area contributed by atoms with Crippen LogP contribution in [0.5, 0.6) is 5.75 Å². The minimum absolute atomic E-state index is 0. The van der Waals surface area contributed by atoms with Crippen molar-refractivity contribution >= 4 is 36.4 Å². The average Bonchev–Trinajstić information content (AvgIpc) is 3.13. The maximum Gasteiger partial charge on any atom is 0.251 e. The molecule has 3 rings (SSSR count). The molecule has 2 aromatic heterocycles. The smallest absolute Gasteiger partial charge is 0.251 e. The maximum atomic E-state index is 12.4. The highest BCUT2D eigenvalue weighted by Crippen LogP contribution is 2.16. The zero-order chi connectivity index (χ0) is 19.3. The third-order valence-electron chi connectivity index (χ3n) is 4.91. The molecule has 158 valence electrons. The molecule has 0 radical (unpaired) electrons. The topological polar surface area (TPSA) is 81.6 Å². The van der Waals surface area contributed by atoms with Crippen molar-refractivity contribution in [2.75, 3.05) is 6.54 Å². The molecule has 0 saturated heterocycles. The number of nitrogens with zero attached hydrogens (tertiary/aromatic N) is 2. The second-order valence-corrected chi connectivity index (χ2v) is 6.77. The minimum Gasteiger partial charge on any atom is -0.487 e. The summed E-state index contributed by atoms with van der Waals surface area (Å²) in [7, 11) is 0. The van der Waals surface area contributed by atoms with Crippen molar-refractivity contribution in [1.29, 1.82) is 0 Å². The standard InChI is InChI=1S/C21H26N4O2.2ClH/c1-3-21(22,4-2)15-23-20(26)16-8-7-9-18(12-16)27-14-17-13-25-11-6-5-10-19(25)24-17;;/h5-13H,3-4,14-15,22H2,1-2H3,(H,23,26);2*1H. The van der Waals surface area contributed by atoms with Crippen LogP contribution >= 0.6 is 24.8 Å². The lowest BCUT2D eigenvalue weighted by Crippen LogP contribution is -2.49. The molecule has 0 aliphatic rings. The summed E-state index contributed by atoms with van der Waals surface area (Å²) in [6.07, 6.45) is 5.50. The largest absolute Gasteiger partial charge is 0.487 e. The number of fused-ring (bicyclic) bond motifs is 1. The van der Waals surface area contributed by atoms with Crippen molar-refractivity contribution in [2.24, 2.45) is 5.73 Å². The van der Waals surface area contributed by atoms with Crippen LogP contribution in [0.25, 0.3) is 5.65 Å². The Balaban J connectivity index is 0.00000210. The van der Waals surface area contributed by atoms with Crippen molar-refractivity contribution in [2.45, 2.75) is 38.8 Å². The van der Waals surface area contributed by atoms with Gasteiger partial charge in [-0.25, -0.2) is 4.98 Å². The van der Waals surface area contributed by atoms with E-state index in [1.54, 1.807) is 12.1 Å². The number of nitrogens with two attached hydrogens (primary N) is 1. The van der Waals surface area contributed by atoms with E-state index in [1.165, 1.54) is 0 Å². The Morgan fingerprint density at radius 3 is 2.62 bits per heavy atom. The van der Waals surface area contributed by atoms with E-state index in [9.17, 15) is 4.79 Å². The predicted octanol–water partition coefficient (Wildman–Crippen LogP) is 4.00. The lowest BCUT2D eigenvalue weighted by atomic mass is 9.94. The van der Waals surface area contributed by atoms with Crippen molar-refractivity contribution in [3.05, 3.63) is 66.1 Å². The predicted molar refractivity (Wildman–Crippen MR) is 120 cm³/mol. The SMILES string of the molecule is CCC(N)(CC)CNC(=O)c1cccc(OCc2cn3ccccc3n2)c1.Cl.Cl. The fraction of sp³-hybridized carbons (Fsp3) is 0.333. The minimum atomic E-state index is -0.368. The van der Waals surface area contributed by atoms with Gasteiger partial charge in [-0.2, -0.15) is 0 Å². The maximum absolute atomic E-state index is 12.4. The Bertz CT molecular complexity index is 893. The number of imidazole rings is 1. The first-order valence-electron chi connectivity index (χ1n) is 9.25. The zero-order valence-electron chi connectivity index (χ0n) is 16.6. The number of pyridine rings is 1. The summed E-state index contributed by atoms with van der Waals surface area (Å²) in [6, 6.07) is 13.0. The fourth-order valence-electron chi connectivity index (χ4n) is 2.80. The Morgan fingerprint density at radius 1 is 1.17 bits per heavy atom. The van der Waals surface area contributed by atoms with Gasteiger partial charge in [0.05, 0.1) is 5.69 Å². The first-order valence-corrected chi connectivity index (χ1v) is 9.25. The monoisotopic (exact) mass is 438 g/mol. The van der Waals surface area contributed by atoms with E-state index in [2.05, 4.69) is 10.3 Å². The number of halogens is 2. The fourth-order valence-corrected chi connectivity index (χ4v) is 2.80. The molecule has 0 aliphatic heterocycles. The lowest BCUT2D eigenvalue weighted by Gasteiger charge is -2.26. The molecule has 3 aromatic rings. The van der Waals surface area contributed by atoms with Crippen LogP contribution < -0.4 is 15.8 Å². The molecule has 29 heavy (non-hydrogen) atoms. The molecular formula is C21H28Cl2N4O2. The Hall–Kier alpha value is -2.28. The number of nitrogens with one attached hydrogen (secondary N) is 1. The first kappa shape index (κ1) is 24.8. The summed E-state index contributed by atoms with van der Waals surface area (Å²) < 4.78 is 7.77. The van der Waals surface area contributed by atoms with Crippen molar-refractivity contribution < 1.29 is 9.53 Å². The van der Waals surface area contributed by atoms with Gasteiger partial charge >= 0.3 is 0 Å². The van der Waals surface area contributed by atoms with E-state index >= 15 is 0 Å². The molecule has 0 atom stereocenters. The number of rotatable bonds is 8. The summed E-state index contributed by atoms with van der Waals surface area (Å²) in [5.41, 5.74) is 8.14. The van der Waals surface area contributed by atoms with Crippen LogP contribution in [-0.4, -0.2) is 27.4 Å². The number of carbonyl (C=O) groups excluding carboxylic acids is 1. The highest BCUT2D eigenvalue weighted by Gasteiger charge is 2.21. The number of aromatic nitrogens is 2. The van der Waals surface area contributed by atoms with Crippen LogP contribution in [0, 0.1) is 0 Å². The van der Waals surface area contributed by atoms with Gasteiger partial charge in [-0.15, -0.1) is 24.8 Å². The number of amides is 1. The summed E-state index contributed by atoms with van der Waals surface area (Å²) in [4.78, 5) is 16.9. The Kier molecular flexibility index (Phi) is 9.43. The third kappa shape index (κ3) is 6.35. The van der Waals surface area contributed by atoms with Crippen LogP contribution in [-0.2, 0) is 6.61 Å². The summed E-state index contributed by atoms with van der Waals surface area (Å²) in [5.74, 6) is 0.481. The molecule has 0 aliphatic carbocycles. The Morgan fingerprint density at radius 2 is 1.93 bits per heavy atom. The summed E-state index contributed by atoms with van der Waals surface area (Å²) in [5, 5.41) is 2.92. The van der Waals surface area contributed by atoms with Gasteiger partial charge in [-0.1, -0.05) is 26.0 Å². The average molecular weight is 439 g/mol. The van der Waals surface area contributed by atoms with E-state index in [4.69, 9.17) is 10.5 Å². The van der Waals surface area contributed by atoms with E-state index in [-0.39, 0.29) is 36.3 Å². The zero-order valence-corrected chi connectivity index (χ0v) is 18.3. The quantitative estimate of drug-likeness (QED) is 0.556. The van der Waals surface area contributed by atoms with Crippen molar-refractivity contribution in [3.8, 4) is 5.75 Å². The molecule has 6 nitrogen and oxygen atoms in total. The van der Waals surface area contributed by atoms with Gasteiger partial charge in [-0.05, 0) is 43.2 Å². The Labute approximate surface area is 183 Å². The van der Waals surface area contributed by atoms with Gasteiger partial charge in [0.2, 0.25) is 0 Å². The van der Waals surface area contributed by atoms with E-state index in [0.717, 1.165) is 24.2 Å². The van der Waals surface area contributed by atoms with E-state index < -0.39 is 0 Å². The second-order valence-electron chi connectivity index (χ2n) is 6.77. The number of hydrogen-bond donors (Lipinski definition) is 2. The second kappa shape index (κ2) is 11.0. The summed E-state index contributed by atoms with van der Waals surface area (Å²) >= 11 is 0. The highest BCUT2D eigenvalue weighted by molar-refractivity contribution is 5.94. The number of hydrogen-bond acceptors (Lipinski definition) is 4. The molecule has 2 heterocycles. The number of benzene rings is 1. The molecule has 8 heteroatoms. The highest BCUT2D eigenvalue weighted by atomic mass is 35.5. The molecule has 0 fully saturated rings. The van der Waals surface area contributed by atoms with Crippen LogP contribution in [0.4, 0.5) is 0 Å². The van der Waals surface area contributed by atoms with Gasteiger partial charge < -0.3 is 20.2 Å². The van der Waals surface area contributed by atoms with Crippen LogP contribution in [0.2, 0.25) is 0 Å². The van der Waals surface area contributed by atoms with Gasteiger partial charge in [0, 0.05) is 30.0 Å². The van der Waals surface area contributed by atoms with E-state index in [1.807, 2.05) is 61.0 Å². The first-order chi connectivity index (χ1) is 13.0. The molecule has 0 saturated carbocycles. The van der Waals surface area contributed by atoms with Gasteiger partial charge in [0.25, 0.3) is 5.91 Å². The van der Waals surface area contributed by atoms with Gasteiger partial charge in [0.1, 0.15) is 18.0 Å². The molecule has 1 amide bonds. The van der Waals surface area contributed by atoms with Gasteiger partial charge in [0.15, 0.2) is 0 Å². The van der Waals surface area contributed by atoms with Crippen molar-refractivity contribution in [1.82, 2.24) is 14.7 Å². The lowest BCUT2D eigenvalue weighted by molar-refractivity contribution is 0.0941. The molecule has 0 bridgehead atoms. The number of ether oxygens (including phenoxy) is 1. The molecule has 3 N–H and O–H groups in total. The van der Waals surface area contributed by atoms with E-state index in [0.29, 0.717) is 24.5 Å². The molecule has 1 aromatic carbocycles. The molecule has 0 unspecified atom stereocenters. The third-order valence-corrected chi connectivity index (χ3v) is 4.91. The normalized spacial score (nSPS) is 10.7. The van der Waals surface area contributed by atoms with Crippen LogP contribution in [0.1, 0.15) is 42.7 Å². The van der Waals surface area contributed by atoms with Crippen LogP contribution in [0.15, 0.2) is 54.9 Å². The summed E-state index contributed by atoms with van der Waals surface area (Å²) in [6.45, 7) is 4.85.